The number of fused-ring (bicyclic) bond motifs is 1. The number of hydrogen-bond donors (Lipinski definition) is 3. The SMILES string of the molecule is N#CC1CC(F)(F)CN1C(=O)CNC(=O)c1ccnc2c(OCCCNC(=O)O)cccc12. The molecule has 0 bridgehead atoms. The molecule has 1 aromatic heterocycles. The summed E-state index contributed by atoms with van der Waals surface area (Å²) >= 11 is 0. The van der Waals surface area contributed by atoms with Crippen molar-refractivity contribution in [3.05, 3.63) is 36.0 Å². The maximum Gasteiger partial charge on any atom is 0.404 e. The van der Waals surface area contributed by atoms with E-state index in [0.717, 1.165) is 4.90 Å². The van der Waals surface area contributed by atoms with Gasteiger partial charge in [0.25, 0.3) is 11.8 Å². The zero-order valence-electron chi connectivity index (χ0n) is 17.4. The first-order valence-electron chi connectivity index (χ1n) is 10.0. The number of carbonyl (C=O) groups excluding carboxylic acids is 2. The van der Waals surface area contributed by atoms with Crippen molar-refractivity contribution in [3.8, 4) is 11.8 Å². The minimum atomic E-state index is -3.14. The molecular weight excluding hydrogens is 440 g/mol. The molecule has 1 unspecified atom stereocenters. The molecule has 12 heteroatoms. The van der Waals surface area contributed by atoms with E-state index in [2.05, 4.69) is 15.6 Å². The van der Waals surface area contributed by atoms with Gasteiger partial charge in [0.2, 0.25) is 5.91 Å². The van der Waals surface area contributed by atoms with Crippen LogP contribution in [0.4, 0.5) is 13.6 Å². The van der Waals surface area contributed by atoms with Crippen LogP contribution in [0.3, 0.4) is 0 Å². The van der Waals surface area contributed by atoms with E-state index in [1.54, 1.807) is 24.3 Å². The first kappa shape index (κ1) is 23.6. The Morgan fingerprint density at radius 3 is 2.82 bits per heavy atom. The Bertz CT molecular complexity index is 1100. The van der Waals surface area contributed by atoms with Gasteiger partial charge in [-0.15, -0.1) is 0 Å². The highest BCUT2D eigenvalue weighted by Crippen LogP contribution is 2.31. The Morgan fingerprint density at radius 1 is 1.30 bits per heavy atom. The predicted octanol–water partition coefficient (Wildman–Crippen LogP) is 1.76. The van der Waals surface area contributed by atoms with Crippen LogP contribution in [0.5, 0.6) is 5.75 Å². The fourth-order valence-electron chi connectivity index (χ4n) is 3.46. The van der Waals surface area contributed by atoms with Gasteiger partial charge in [0.05, 0.1) is 31.3 Å². The molecule has 0 saturated carbocycles. The third kappa shape index (κ3) is 5.82. The van der Waals surface area contributed by atoms with Crippen molar-refractivity contribution in [2.24, 2.45) is 0 Å². The number of para-hydroxylation sites is 1. The molecule has 33 heavy (non-hydrogen) atoms. The number of nitriles is 1. The fourth-order valence-corrected chi connectivity index (χ4v) is 3.46. The summed E-state index contributed by atoms with van der Waals surface area (Å²) in [4.78, 5) is 40.5. The molecule has 174 valence electrons. The number of carboxylic acid groups (broad SMARTS) is 1. The molecule has 2 aromatic rings. The smallest absolute Gasteiger partial charge is 0.404 e. The number of benzene rings is 1. The topological polar surface area (TPSA) is 145 Å². The lowest BCUT2D eigenvalue weighted by molar-refractivity contribution is -0.131. The van der Waals surface area contributed by atoms with Crippen LogP contribution in [-0.4, -0.2) is 71.1 Å². The molecule has 1 fully saturated rings. The summed E-state index contributed by atoms with van der Waals surface area (Å²) in [6.07, 6.45) is -0.0418. The van der Waals surface area contributed by atoms with Gasteiger partial charge in [-0.05, 0) is 18.6 Å². The number of amides is 3. The maximum absolute atomic E-state index is 13.6. The van der Waals surface area contributed by atoms with Crippen molar-refractivity contribution >= 4 is 28.8 Å². The molecular formula is C21H21F2N5O5. The highest BCUT2D eigenvalue weighted by Gasteiger charge is 2.47. The van der Waals surface area contributed by atoms with Crippen LogP contribution >= 0.6 is 0 Å². The Balaban J connectivity index is 1.66. The highest BCUT2D eigenvalue weighted by atomic mass is 19.3. The molecule has 2 heterocycles. The van der Waals surface area contributed by atoms with Crippen molar-refractivity contribution < 1.29 is 33.0 Å². The van der Waals surface area contributed by atoms with E-state index < -0.39 is 49.4 Å². The van der Waals surface area contributed by atoms with Crippen molar-refractivity contribution in [3.63, 3.8) is 0 Å². The maximum atomic E-state index is 13.6. The second-order valence-electron chi connectivity index (χ2n) is 7.35. The lowest BCUT2D eigenvalue weighted by Crippen LogP contribution is -2.43. The number of carbonyl (C=O) groups is 3. The third-order valence-electron chi connectivity index (χ3n) is 4.97. The van der Waals surface area contributed by atoms with Gasteiger partial charge in [0.15, 0.2) is 0 Å². The molecule has 1 aliphatic rings. The molecule has 0 radical (unpaired) electrons. The summed E-state index contributed by atoms with van der Waals surface area (Å²) in [5.74, 6) is -4.13. The first-order chi connectivity index (χ1) is 15.7. The number of hydrogen-bond acceptors (Lipinski definition) is 6. The zero-order chi connectivity index (χ0) is 24.0. The van der Waals surface area contributed by atoms with Gasteiger partial charge < -0.3 is 25.4 Å². The number of halogens is 2. The molecule has 10 nitrogen and oxygen atoms in total. The number of nitrogens with zero attached hydrogens (tertiary/aromatic N) is 3. The van der Waals surface area contributed by atoms with Crippen molar-refractivity contribution in [1.29, 1.82) is 5.26 Å². The number of aromatic nitrogens is 1. The fraction of sp³-hybridized carbons (Fsp3) is 0.381. The minimum absolute atomic E-state index is 0.203. The second-order valence-corrected chi connectivity index (χ2v) is 7.35. The van der Waals surface area contributed by atoms with Gasteiger partial charge in [-0.1, -0.05) is 12.1 Å². The summed E-state index contributed by atoms with van der Waals surface area (Å²) in [5.41, 5.74) is 0.598. The standard InChI is InChI=1S/C21H21F2N5O5/c22-21(23)9-13(10-24)28(12-21)17(29)11-27-19(30)15-5-7-25-18-14(15)3-1-4-16(18)33-8-2-6-26-20(31)32/h1,3-5,7,13,26H,2,6,8-9,11-12H2,(H,27,30)(H,31,32). The quantitative estimate of drug-likeness (QED) is 0.508. The Hall–Kier alpha value is -4.01. The molecule has 1 aromatic carbocycles. The lowest BCUT2D eigenvalue weighted by Gasteiger charge is -2.19. The van der Waals surface area contributed by atoms with Crippen molar-refractivity contribution in [2.45, 2.75) is 24.8 Å². The van der Waals surface area contributed by atoms with Crippen LogP contribution in [0.15, 0.2) is 30.5 Å². The highest BCUT2D eigenvalue weighted by molar-refractivity contribution is 6.07. The van der Waals surface area contributed by atoms with Gasteiger partial charge >= 0.3 is 6.09 Å². The lowest BCUT2D eigenvalue weighted by atomic mass is 10.1. The summed E-state index contributed by atoms with van der Waals surface area (Å²) in [5, 5.41) is 22.7. The number of rotatable bonds is 8. The van der Waals surface area contributed by atoms with Crippen LogP contribution < -0.4 is 15.4 Å². The van der Waals surface area contributed by atoms with Crippen LogP contribution in [0, 0.1) is 11.3 Å². The van der Waals surface area contributed by atoms with E-state index in [9.17, 15) is 23.2 Å². The summed E-state index contributed by atoms with van der Waals surface area (Å²) in [6.45, 7) is -0.970. The molecule has 3 N–H and O–H groups in total. The van der Waals surface area contributed by atoms with Gasteiger partial charge in [-0.3, -0.25) is 14.6 Å². The molecule has 0 aliphatic carbocycles. The van der Waals surface area contributed by atoms with Gasteiger partial charge in [-0.2, -0.15) is 5.26 Å². The Labute approximate surface area is 187 Å². The number of alkyl halides is 2. The zero-order valence-corrected chi connectivity index (χ0v) is 17.4. The molecule has 1 atom stereocenters. The normalized spacial score (nSPS) is 16.8. The average Bonchev–Trinajstić information content (AvgIpc) is 3.11. The van der Waals surface area contributed by atoms with E-state index >= 15 is 0 Å². The summed E-state index contributed by atoms with van der Waals surface area (Å²) in [7, 11) is 0. The molecule has 3 amide bonds. The number of nitrogens with one attached hydrogen (secondary N) is 2. The monoisotopic (exact) mass is 461 g/mol. The molecule has 3 rings (SSSR count). The van der Waals surface area contributed by atoms with Crippen LogP contribution in [-0.2, 0) is 4.79 Å². The largest absolute Gasteiger partial charge is 0.491 e. The molecule has 1 saturated heterocycles. The number of pyridine rings is 1. The number of likely N-dealkylation sites (tertiary alicyclic amines) is 1. The van der Waals surface area contributed by atoms with Crippen molar-refractivity contribution in [1.82, 2.24) is 20.5 Å². The van der Waals surface area contributed by atoms with Crippen molar-refractivity contribution in [2.75, 3.05) is 26.2 Å². The number of ether oxygens (including phenoxy) is 1. The van der Waals surface area contributed by atoms with Gasteiger partial charge in [-0.25, -0.2) is 13.6 Å². The summed E-state index contributed by atoms with van der Waals surface area (Å²) < 4.78 is 32.8. The summed E-state index contributed by atoms with van der Waals surface area (Å²) in [6, 6.07) is 6.85. The van der Waals surface area contributed by atoms with Crippen LogP contribution in [0.25, 0.3) is 10.9 Å². The average molecular weight is 461 g/mol. The van der Waals surface area contributed by atoms with E-state index in [4.69, 9.17) is 15.1 Å². The predicted molar refractivity (Wildman–Crippen MR) is 111 cm³/mol. The first-order valence-corrected chi connectivity index (χ1v) is 10.0. The minimum Gasteiger partial charge on any atom is -0.491 e. The van der Waals surface area contributed by atoms with E-state index in [1.807, 2.05) is 0 Å². The second kappa shape index (κ2) is 10.1. The van der Waals surface area contributed by atoms with Gasteiger partial charge in [0, 0.05) is 24.5 Å². The van der Waals surface area contributed by atoms with E-state index in [0.29, 0.717) is 23.1 Å². The van der Waals surface area contributed by atoms with Crippen LogP contribution in [0.1, 0.15) is 23.2 Å². The van der Waals surface area contributed by atoms with E-state index in [-0.39, 0.29) is 18.7 Å². The molecule has 0 spiro atoms. The van der Waals surface area contributed by atoms with Gasteiger partial charge in [0.1, 0.15) is 17.3 Å². The Kier molecular flexibility index (Phi) is 7.22. The third-order valence-corrected chi connectivity index (χ3v) is 4.97. The van der Waals surface area contributed by atoms with E-state index in [1.165, 1.54) is 12.3 Å². The molecule has 1 aliphatic heterocycles. The van der Waals surface area contributed by atoms with Crippen LogP contribution in [0.2, 0.25) is 0 Å². The Morgan fingerprint density at radius 2 is 2.09 bits per heavy atom.